The molecule has 2 aromatic rings. The van der Waals surface area contributed by atoms with E-state index in [1.807, 2.05) is 31.4 Å². The van der Waals surface area contributed by atoms with Gasteiger partial charge < -0.3 is 24.7 Å². The standard InChI is InChI=1S/C21H31N5O2/c1-4-22-20(24-16-21(27-3)10-12-28-13-11-21)26(2)15-19-23-14-18(25-19)17-8-6-5-7-9-17/h5-9,14H,4,10-13,15-16H2,1-3H3,(H,22,24)(H,23,25). The number of H-pyrrole nitrogens is 1. The molecule has 1 fully saturated rings. The number of imidazole rings is 1. The van der Waals surface area contributed by atoms with E-state index < -0.39 is 0 Å². The summed E-state index contributed by atoms with van der Waals surface area (Å²) in [7, 11) is 3.79. The molecule has 7 heteroatoms. The van der Waals surface area contributed by atoms with Crippen molar-refractivity contribution in [1.29, 1.82) is 0 Å². The zero-order chi connectivity index (χ0) is 19.8. The van der Waals surface area contributed by atoms with Crippen molar-refractivity contribution in [2.75, 3.05) is 40.5 Å². The zero-order valence-corrected chi connectivity index (χ0v) is 17.1. The SMILES string of the molecule is CCNC(=NCC1(OC)CCOCC1)N(C)Cc1ncc(-c2ccccc2)[nH]1. The molecule has 0 aliphatic carbocycles. The number of methoxy groups -OCH3 is 1. The first-order valence-corrected chi connectivity index (χ1v) is 9.87. The fourth-order valence-corrected chi connectivity index (χ4v) is 3.37. The van der Waals surface area contributed by atoms with Crippen LogP contribution in [0, 0.1) is 0 Å². The molecule has 152 valence electrons. The summed E-state index contributed by atoms with van der Waals surface area (Å²) in [6.07, 6.45) is 3.62. The summed E-state index contributed by atoms with van der Waals surface area (Å²) in [5, 5.41) is 3.37. The summed E-state index contributed by atoms with van der Waals surface area (Å²) in [4.78, 5) is 14.9. The van der Waals surface area contributed by atoms with Crippen LogP contribution in [-0.4, -0.2) is 66.9 Å². The Morgan fingerprint density at radius 2 is 2.07 bits per heavy atom. The molecule has 0 bridgehead atoms. The number of aromatic nitrogens is 2. The lowest BCUT2D eigenvalue weighted by atomic mass is 9.94. The van der Waals surface area contributed by atoms with Gasteiger partial charge in [-0.2, -0.15) is 0 Å². The second-order valence-electron chi connectivity index (χ2n) is 7.14. The van der Waals surface area contributed by atoms with Crippen LogP contribution in [0.2, 0.25) is 0 Å². The highest BCUT2D eigenvalue weighted by molar-refractivity contribution is 5.79. The second-order valence-corrected chi connectivity index (χ2v) is 7.14. The van der Waals surface area contributed by atoms with Crippen LogP contribution >= 0.6 is 0 Å². The van der Waals surface area contributed by atoms with Crippen molar-refractivity contribution >= 4 is 5.96 Å². The van der Waals surface area contributed by atoms with Gasteiger partial charge in [-0.25, -0.2) is 4.98 Å². The Labute approximate surface area is 167 Å². The van der Waals surface area contributed by atoms with Crippen LogP contribution in [0.15, 0.2) is 41.5 Å². The van der Waals surface area contributed by atoms with Crippen molar-refractivity contribution in [3.05, 3.63) is 42.4 Å². The van der Waals surface area contributed by atoms with Crippen molar-refractivity contribution in [1.82, 2.24) is 20.2 Å². The first-order chi connectivity index (χ1) is 13.7. The topological polar surface area (TPSA) is 74.8 Å². The van der Waals surface area contributed by atoms with Gasteiger partial charge in [0, 0.05) is 46.8 Å². The minimum atomic E-state index is -0.231. The molecule has 0 amide bonds. The molecule has 0 atom stereocenters. The largest absolute Gasteiger partial charge is 0.381 e. The van der Waals surface area contributed by atoms with E-state index >= 15 is 0 Å². The number of guanidine groups is 1. The molecule has 0 spiro atoms. The second kappa shape index (κ2) is 9.71. The molecule has 2 N–H and O–H groups in total. The lowest BCUT2D eigenvalue weighted by molar-refractivity contribution is -0.0829. The van der Waals surface area contributed by atoms with Gasteiger partial charge in [-0.3, -0.25) is 4.99 Å². The molecule has 1 aliphatic rings. The molecule has 1 aliphatic heterocycles. The van der Waals surface area contributed by atoms with E-state index in [4.69, 9.17) is 14.5 Å². The number of hydrogen-bond donors (Lipinski definition) is 2. The average Bonchev–Trinajstić information content (AvgIpc) is 3.21. The Hall–Kier alpha value is -2.38. The van der Waals surface area contributed by atoms with Crippen LogP contribution < -0.4 is 5.32 Å². The molecule has 0 radical (unpaired) electrons. The van der Waals surface area contributed by atoms with Crippen molar-refractivity contribution in [2.45, 2.75) is 31.9 Å². The lowest BCUT2D eigenvalue weighted by Crippen LogP contribution is -2.44. The molecule has 7 nitrogen and oxygen atoms in total. The predicted octanol–water partition coefficient (Wildman–Crippen LogP) is 2.67. The van der Waals surface area contributed by atoms with Gasteiger partial charge in [-0.1, -0.05) is 30.3 Å². The maximum Gasteiger partial charge on any atom is 0.194 e. The fraction of sp³-hybridized carbons (Fsp3) is 0.524. The molecule has 3 rings (SSSR count). The first-order valence-electron chi connectivity index (χ1n) is 9.87. The monoisotopic (exact) mass is 385 g/mol. The van der Waals surface area contributed by atoms with Gasteiger partial charge in [0.15, 0.2) is 5.96 Å². The van der Waals surface area contributed by atoms with Crippen molar-refractivity contribution in [3.8, 4) is 11.3 Å². The van der Waals surface area contributed by atoms with E-state index in [1.165, 1.54) is 0 Å². The number of aromatic amines is 1. The first kappa shape index (κ1) is 20.4. The summed E-state index contributed by atoms with van der Waals surface area (Å²) < 4.78 is 11.3. The Morgan fingerprint density at radius 1 is 1.32 bits per heavy atom. The van der Waals surface area contributed by atoms with E-state index in [0.29, 0.717) is 13.1 Å². The zero-order valence-electron chi connectivity index (χ0n) is 17.1. The van der Waals surface area contributed by atoms with Crippen LogP contribution in [0.25, 0.3) is 11.3 Å². The summed E-state index contributed by atoms with van der Waals surface area (Å²) in [5.74, 6) is 1.75. The van der Waals surface area contributed by atoms with Gasteiger partial charge in [-0.15, -0.1) is 0 Å². The Kier molecular flexibility index (Phi) is 7.06. The highest BCUT2D eigenvalue weighted by atomic mass is 16.5. The van der Waals surface area contributed by atoms with Gasteiger partial charge in [0.1, 0.15) is 5.82 Å². The molecule has 0 unspecified atom stereocenters. The van der Waals surface area contributed by atoms with Gasteiger partial charge in [0.25, 0.3) is 0 Å². The number of nitrogens with zero attached hydrogens (tertiary/aromatic N) is 3. The molecule has 28 heavy (non-hydrogen) atoms. The Balaban J connectivity index is 1.67. The number of ether oxygens (including phenoxy) is 2. The minimum absolute atomic E-state index is 0.231. The predicted molar refractivity (Wildman–Crippen MR) is 111 cm³/mol. The maximum absolute atomic E-state index is 5.81. The van der Waals surface area contributed by atoms with E-state index in [1.54, 1.807) is 7.11 Å². The van der Waals surface area contributed by atoms with E-state index in [0.717, 1.165) is 55.6 Å². The van der Waals surface area contributed by atoms with Crippen LogP contribution in [0.4, 0.5) is 0 Å². The number of benzene rings is 1. The van der Waals surface area contributed by atoms with Crippen LogP contribution in [0.5, 0.6) is 0 Å². The maximum atomic E-state index is 5.81. The highest BCUT2D eigenvalue weighted by Crippen LogP contribution is 2.25. The summed E-state index contributed by atoms with van der Waals surface area (Å²) in [5.41, 5.74) is 1.92. The normalized spacial score (nSPS) is 16.8. The summed E-state index contributed by atoms with van der Waals surface area (Å²) in [6, 6.07) is 10.2. The molecule has 1 saturated heterocycles. The third-order valence-corrected chi connectivity index (χ3v) is 5.15. The van der Waals surface area contributed by atoms with E-state index in [-0.39, 0.29) is 5.60 Å². The minimum Gasteiger partial charge on any atom is -0.381 e. The molecule has 0 saturated carbocycles. The fourth-order valence-electron chi connectivity index (χ4n) is 3.37. The van der Waals surface area contributed by atoms with Crippen LogP contribution in [0.1, 0.15) is 25.6 Å². The lowest BCUT2D eigenvalue weighted by Gasteiger charge is -2.35. The quantitative estimate of drug-likeness (QED) is 0.566. The third-order valence-electron chi connectivity index (χ3n) is 5.15. The van der Waals surface area contributed by atoms with E-state index in [2.05, 4.69) is 39.2 Å². The molecule has 2 heterocycles. The van der Waals surface area contributed by atoms with E-state index in [9.17, 15) is 0 Å². The third kappa shape index (κ3) is 5.11. The summed E-state index contributed by atoms with van der Waals surface area (Å²) >= 11 is 0. The number of rotatable bonds is 7. The average molecular weight is 386 g/mol. The number of aliphatic imine (C=N–C) groups is 1. The number of hydrogen-bond acceptors (Lipinski definition) is 4. The summed E-state index contributed by atoms with van der Waals surface area (Å²) in [6.45, 7) is 5.59. The van der Waals surface area contributed by atoms with Crippen molar-refractivity contribution in [2.24, 2.45) is 4.99 Å². The Bertz CT molecular complexity index is 753. The molecule has 1 aromatic carbocycles. The van der Waals surface area contributed by atoms with Gasteiger partial charge in [0.2, 0.25) is 0 Å². The van der Waals surface area contributed by atoms with Gasteiger partial charge >= 0.3 is 0 Å². The van der Waals surface area contributed by atoms with Gasteiger partial charge in [0.05, 0.1) is 30.6 Å². The number of nitrogens with one attached hydrogen (secondary N) is 2. The van der Waals surface area contributed by atoms with Crippen LogP contribution in [0.3, 0.4) is 0 Å². The molecular formula is C21H31N5O2. The van der Waals surface area contributed by atoms with Crippen molar-refractivity contribution in [3.63, 3.8) is 0 Å². The van der Waals surface area contributed by atoms with Crippen LogP contribution in [-0.2, 0) is 16.0 Å². The van der Waals surface area contributed by atoms with Crippen molar-refractivity contribution < 1.29 is 9.47 Å². The Morgan fingerprint density at radius 3 is 2.75 bits per heavy atom. The molecular weight excluding hydrogens is 354 g/mol. The van der Waals surface area contributed by atoms with Gasteiger partial charge in [-0.05, 0) is 12.5 Å². The molecule has 1 aromatic heterocycles. The highest BCUT2D eigenvalue weighted by Gasteiger charge is 2.32. The smallest absolute Gasteiger partial charge is 0.194 e.